The average molecular weight is 450 g/mol. The molecule has 1 amide bonds. The number of hydrogen-bond donors (Lipinski definition) is 1. The fourth-order valence-electron chi connectivity index (χ4n) is 2.73. The zero-order chi connectivity index (χ0) is 22.8. The highest BCUT2D eigenvalue weighted by atomic mass is 35.5. The van der Waals surface area contributed by atoms with Crippen molar-refractivity contribution in [3.63, 3.8) is 0 Å². The average Bonchev–Trinajstić information content (AvgIpc) is 2.81. The van der Waals surface area contributed by atoms with Crippen molar-refractivity contribution in [3.8, 4) is 11.5 Å². The summed E-state index contributed by atoms with van der Waals surface area (Å²) in [5.74, 6) is 0.375. The summed E-state index contributed by atoms with van der Waals surface area (Å²) in [6.07, 6.45) is 5.13. The van der Waals surface area contributed by atoms with Crippen molar-refractivity contribution in [2.24, 2.45) is 0 Å². The van der Waals surface area contributed by atoms with Crippen molar-refractivity contribution in [1.82, 2.24) is 0 Å². The second-order valence-electron chi connectivity index (χ2n) is 7.01. The maximum Gasteiger partial charge on any atom is 0.336 e. The highest BCUT2D eigenvalue weighted by Crippen LogP contribution is 2.17. The zero-order valence-corrected chi connectivity index (χ0v) is 18.5. The summed E-state index contributed by atoms with van der Waals surface area (Å²) in [5.41, 5.74) is 1.94. The van der Waals surface area contributed by atoms with E-state index in [0.29, 0.717) is 28.6 Å². The summed E-state index contributed by atoms with van der Waals surface area (Å²) >= 11 is 5.84. The number of esters is 1. The third-order valence-corrected chi connectivity index (χ3v) is 4.75. The van der Waals surface area contributed by atoms with Gasteiger partial charge in [-0.2, -0.15) is 0 Å². The smallest absolute Gasteiger partial charge is 0.336 e. The van der Waals surface area contributed by atoms with Crippen LogP contribution in [0.5, 0.6) is 11.5 Å². The van der Waals surface area contributed by atoms with Crippen LogP contribution in [0.2, 0.25) is 5.02 Å². The lowest BCUT2D eigenvalue weighted by Crippen LogP contribution is -2.11. The number of carbonyl (C=O) groups excluding carboxylic acids is 2. The highest BCUT2D eigenvalue weighted by Gasteiger charge is 2.07. The Labute approximate surface area is 192 Å². The molecule has 3 aromatic rings. The van der Waals surface area contributed by atoms with Crippen molar-refractivity contribution in [2.45, 2.75) is 19.8 Å². The van der Waals surface area contributed by atoms with E-state index in [2.05, 4.69) is 12.2 Å². The molecular formula is C26H24ClNO4. The van der Waals surface area contributed by atoms with E-state index < -0.39 is 5.97 Å². The second-order valence-corrected chi connectivity index (χ2v) is 7.45. The SMILES string of the molecule is CCCCOc1ccc(/C=C/C(=O)Oc2ccc(C(=O)Nc3ccc(Cl)cc3)cc2)cc1. The number of benzene rings is 3. The summed E-state index contributed by atoms with van der Waals surface area (Å²) in [7, 11) is 0. The molecule has 0 aliphatic rings. The van der Waals surface area contributed by atoms with Crippen molar-refractivity contribution in [1.29, 1.82) is 0 Å². The number of nitrogens with one attached hydrogen (secondary N) is 1. The van der Waals surface area contributed by atoms with Gasteiger partial charge in [-0.25, -0.2) is 4.79 Å². The van der Waals surface area contributed by atoms with Gasteiger partial charge in [-0.15, -0.1) is 0 Å². The number of anilines is 1. The minimum absolute atomic E-state index is 0.271. The third-order valence-electron chi connectivity index (χ3n) is 4.50. The molecule has 0 aliphatic carbocycles. The molecule has 0 bridgehead atoms. The maximum absolute atomic E-state index is 12.3. The molecule has 0 atom stereocenters. The van der Waals surface area contributed by atoms with Crippen LogP contribution in [0.15, 0.2) is 78.9 Å². The van der Waals surface area contributed by atoms with E-state index in [-0.39, 0.29) is 5.91 Å². The number of ether oxygens (including phenoxy) is 2. The number of hydrogen-bond acceptors (Lipinski definition) is 4. The van der Waals surface area contributed by atoms with Crippen LogP contribution in [0.4, 0.5) is 5.69 Å². The first-order chi connectivity index (χ1) is 15.5. The van der Waals surface area contributed by atoms with Gasteiger partial charge in [0.2, 0.25) is 0 Å². The van der Waals surface area contributed by atoms with Gasteiger partial charge in [0, 0.05) is 22.3 Å². The van der Waals surface area contributed by atoms with Gasteiger partial charge >= 0.3 is 5.97 Å². The van der Waals surface area contributed by atoms with Crippen LogP contribution in [0.25, 0.3) is 6.08 Å². The predicted octanol–water partition coefficient (Wildman–Crippen LogP) is 6.39. The Hall–Kier alpha value is -3.57. The van der Waals surface area contributed by atoms with Crippen LogP contribution in [0.1, 0.15) is 35.7 Å². The summed E-state index contributed by atoms with van der Waals surface area (Å²) in [5, 5.41) is 3.37. The molecule has 0 radical (unpaired) electrons. The summed E-state index contributed by atoms with van der Waals surface area (Å²) in [4.78, 5) is 24.4. The Kier molecular flexibility index (Phi) is 8.46. The van der Waals surface area contributed by atoms with Crippen LogP contribution >= 0.6 is 11.6 Å². The molecule has 0 unspecified atom stereocenters. The highest BCUT2D eigenvalue weighted by molar-refractivity contribution is 6.30. The molecule has 0 heterocycles. The molecular weight excluding hydrogens is 426 g/mol. The van der Waals surface area contributed by atoms with E-state index in [9.17, 15) is 9.59 Å². The molecule has 164 valence electrons. The van der Waals surface area contributed by atoms with Gasteiger partial charge in [-0.05, 0) is 78.7 Å². The van der Waals surface area contributed by atoms with E-state index in [1.165, 1.54) is 6.08 Å². The molecule has 1 N–H and O–H groups in total. The molecule has 32 heavy (non-hydrogen) atoms. The number of halogens is 1. The molecule has 0 aromatic heterocycles. The lowest BCUT2D eigenvalue weighted by atomic mass is 10.2. The van der Waals surface area contributed by atoms with Gasteiger partial charge in [0.05, 0.1) is 6.61 Å². The van der Waals surface area contributed by atoms with Gasteiger partial charge in [0.1, 0.15) is 11.5 Å². The number of unbranched alkanes of at least 4 members (excludes halogenated alkanes) is 1. The van der Waals surface area contributed by atoms with E-state index in [0.717, 1.165) is 24.2 Å². The summed E-state index contributed by atoms with van der Waals surface area (Å²) in [6.45, 7) is 2.81. The second kappa shape index (κ2) is 11.7. The van der Waals surface area contributed by atoms with E-state index in [1.54, 1.807) is 54.6 Å². The minimum atomic E-state index is -0.508. The Bertz CT molecular complexity index is 1060. The Morgan fingerprint density at radius 2 is 1.56 bits per heavy atom. The largest absolute Gasteiger partial charge is 0.494 e. The topological polar surface area (TPSA) is 64.6 Å². The van der Waals surface area contributed by atoms with E-state index >= 15 is 0 Å². The first-order valence-electron chi connectivity index (χ1n) is 10.3. The molecule has 0 saturated carbocycles. The Morgan fingerprint density at radius 1 is 0.906 bits per heavy atom. The Morgan fingerprint density at radius 3 is 2.22 bits per heavy atom. The van der Waals surface area contributed by atoms with Gasteiger partial charge in [0.15, 0.2) is 0 Å². The molecule has 0 aliphatic heterocycles. The summed E-state index contributed by atoms with van der Waals surface area (Å²) in [6, 6.07) is 20.7. The summed E-state index contributed by atoms with van der Waals surface area (Å²) < 4.78 is 10.9. The van der Waals surface area contributed by atoms with Crippen LogP contribution in [-0.4, -0.2) is 18.5 Å². The van der Waals surface area contributed by atoms with Crippen molar-refractivity contribution >= 4 is 35.2 Å². The molecule has 0 saturated heterocycles. The van der Waals surface area contributed by atoms with E-state index in [4.69, 9.17) is 21.1 Å². The first-order valence-corrected chi connectivity index (χ1v) is 10.7. The first kappa shape index (κ1) is 23.1. The van der Waals surface area contributed by atoms with E-state index in [1.807, 2.05) is 24.3 Å². The molecule has 0 spiro atoms. The third kappa shape index (κ3) is 7.29. The van der Waals surface area contributed by atoms with Crippen molar-refractivity contribution in [3.05, 3.63) is 95.0 Å². The fourth-order valence-corrected chi connectivity index (χ4v) is 2.86. The predicted molar refractivity (Wildman–Crippen MR) is 127 cm³/mol. The molecule has 0 fully saturated rings. The normalized spacial score (nSPS) is 10.7. The monoisotopic (exact) mass is 449 g/mol. The minimum Gasteiger partial charge on any atom is -0.494 e. The van der Waals surface area contributed by atoms with Crippen molar-refractivity contribution < 1.29 is 19.1 Å². The molecule has 6 heteroatoms. The van der Waals surface area contributed by atoms with Gasteiger partial charge < -0.3 is 14.8 Å². The quantitative estimate of drug-likeness (QED) is 0.178. The van der Waals surface area contributed by atoms with Crippen LogP contribution in [-0.2, 0) is 4.79 Å². The van der Waals surface area contributed by atoms with Crippen LogP contribution in [0.3, 0.4) is 0 Å². The lowest BCUT2D eigenvalue weighted by molar-refractivity contribution is -0.128. The number of carbonyl (C=O) groups is 2. The molecule has 3 rings (SSSR count). The van der Waals surface area contributed by atoms with Gasteiger partial charge in [-0.3, -0.25) is 4.79 Å². The standard InChI is InChI=1S/C26H24ClNO4/c1-2-3-18-31-23-13-4-19(5-14-23)6-17-25(29)32-24-15-7-20(8-16-24)26(30)28-22-11-9-21(27)10-12-22/h4-17H,2-3,18H2,1H3,(H,28,30)/b17-6+. The van der Waals surface area contributed by atoms with Crippen molar-refractivity contribution in [2.75, 3.05) is 11.9 Å². The van der Waals surface area contributed by atoms with Gasteiger partial charge in [-0.1, -0.05) is 37.1 Å². The lowest BCUT2D eigenvalue weighted by Gasteiger charge is -2.06. The zero-order valence-electron chi connectivity index (χ0n) is 17.7. The molecule has 5 nitrogen and oxygen atoms in total. The number of rotatable bonds is 9. The van der Waals surface area contributed by atoms with Crippen LogP contribution < -0.4 is 14.8 Å². The molecule has 3 aromatic carbocycles. The maximum atomic E-state index is 12.3. The van der Waals surface area contributed by atoms with Gasteiger partial charge in [0.25, 0.3) is 5.91 Å². The number of amides is 1. The Balaban J connectivity index is 1.50. The van der Waals surface area contributed by atoms with Crippen LogP contribution in [0, 0.1) is 0 Å². The fraction of sp³-hybridized carbons (Fsp3) is 0.154.